The topological polar surface area (TPSA) is 67.2 Å². The second kappa shape index (κ2) is 5.40. The maximum atomic E-state index is 12.1. The highest BCUT2D eigenvalue weighted by Gasteiger charge is 2.21. The number of aromatic nitrogens is 2. The summed E-state index contributed by atoms with van der Waals surface area (Å²) in [5, 5.41) is 6.79. The Labute approximate surface area is 122 Å². The first kappa shape index (κ1) is 13.4. The van der Waals surface area contributed by atoms with Crippen molar-refractivity contribution >= 4 is 23.2 Å². The predicted octanol–water partition coefficient (Wildman–Crippen LogP) is 1.80. The van der Waals surface area contributed by atoms with Crippen LogP contribution in [0, 0.1) is 0 Å². The van der Waals surface area contributed by atoms with Crippen LogP contribution in [0.15, 0.2) is 36.7 Å². The average Bonchev–Trinajstić information content (AvgIpc) is 3.08. The summed E-state index contributed by atoms with van der Waals surface area (Å²) in [6.45, 7) is 0.735. The highest BCUT2D eigenvalue weighted by atomic mass is 16.2. The molecule has 0 atom stereocenters. The second-order valence-corrected chi connectivity index (χ2v) is 5.06. The lowest BCUT2D eigenvalue weighted by atomic mass is 10.2. The molecular formula is C15H16N4O2. The lowest BCUT2D eigenvalue weighted by Crippen LogP contribution is -2.23. The highest BCUT2D eigenvalue weighted by Crippen LogP contribution is 2.24. The zero-order valence-electron chi connectivity index (χ0n) is 11.7. The SMILES string of the molecule is Cn1cc(C(=O)Nc2cccc(N3CCCC3=O)c2)cn1. The molecule has 21 heavy (non-hydrogen) atoms. The summed E-state index contributed by atoms with van der Waals surface area (Å²) in [6, 6.07) is 7.33. The van der Waals surface area contributed by atoms with Crippen molar-refractivity contribution in [3.05, 3.63) is 42.2 Å². The van der Waals surface area contributed by atoms with Gasteiger partial charge in [-0.25, -0.2) is 0 Å². The second-order valence-electron chi connectivity index (χ2n) is 5.06. The fourth-order valence-electron chi connectivity index (χ4n) is 2.41. The zero-order chi connectivity index (χ0) is 14.8. The van der Waals surface area contributed by atoms with Gasteiger partial charge in [0, 0.05) is 37.6 Å². The summed E-state index contributed by atoms with van der Waals surface area (Å²) in [5.74, 6) is -0.0845. The molecule has 0 spiro atoms. The minimum absolute atomic E-state index is 0.130. The van der Waals surface area contributed by atoms with E-state index in [0.29, 0.717) is 17.7 Å². The van der Waals surface area contributed by atoms with Crippen LogP contribution >= 0.6 is 0 Å². The van der Waals surface area contributed by atoms with Gasteiger partial charge in [0.2, 0.25) is 5.91 Å². The van der Waals surface area contributed by atoms with Gasteiger partial charge in [0.1, 0.15) is 0 Å². The van der Waals surface area contributed by atoms with Crippen LogP contribution in [0.2, 0.25) is 0 Å². The minimum atomic E-state index is -0.215. The van der Waals surface area contributed by atoms with Crippen molar-refractivity contribution in [3.8, 4) is 0 Å². The minimum Gasteiger partial charge on any atom is -0.322 e. The van der Waals surface area contributed by atoms with Gasteiger partial charge >= 0.3 is 0 Å². The van der Waals surface area contributed by atoms with Crippen LogP contribution in [0.1, 0.15) is 23.2 Å². The van der Waals surface area contributed by atoms with Gasteiger partial charge in [-0.15, -0.1) is 0 Å². The number of nitrogens with one attached hydrogen (secondary N) is 1. The van der Waals surface area contributed by atoms with Crippen LogP contribution in [-0.2, 0) is 11.8 Å². The molecule has 0 unspecified atom stereocenters. The molecule has 1 fully saturated rings. The van der Waals surface area contributed by atoms with E-state index >= 15 is 0 Å². The molecule has 6 heteroatoms. The third-order valence-electron chi connectivity index (χ3n) is 3.46. The summed E-state index contributed by atoms with van der Waals surface area (Å²) in [4.78, 5) is 25.6. The van der Waals surface area contributed by atoms with Crippen LogP contribution < -0.4 is 10.2 Å². The molecular weight excluding hydrogens is 268 g/mol. The highest BCUT2D eigenvalue weighted by molar-refractivity contribution is 6.04. The first-order chi connectivity index (χ1) is 10.1. The van der Waals surface area contributed by atoms with Gasteiger partial charge in [-0.2, -0.15) is 5.10 Å². The van der Waals surface area contributed by atoms with Crippen LogP contribution in [0.3, 0.4) is 0 Å². The van der Waals surface area contributed by atoms with E-state index in [1.165, 1.54) is 6.20 Å². The number of benzene rings is 1. The molecule has 0 aliphatic carbocycles. The fourth-order valence-corrected chi connectivity index (χ4v) is 2.41. The van der Waals surface area contributed by atoms with Gasteiger partial charge in [-0.1, -0.05) is 6.07 Å². The number of carbonyl (C=O) groups is 2. The number of amides is 2. The van der Waals surface area contributed by atoms with E-state index in [4.69, 9.17) is 0 Å². The van der Waals surface area contributed by atoms with Crippen molar-refractivity contribution in [2.75, 3.05) is 16.8 Å². The van der Waals surface area contributed by atoms with E-state index in [2.05, 4.69) is 10.4 Å². The monoisotopic (exact) mass is 284 g/mol. The Balaban J connectivity index is 1.77. The molecule has 1 N–H and O–H groups in total. The van der Waals surface area contributed by atoms with Gasteiger partial charge in [-0.3, -0.25) is 14.3 Å². The van der Waals surface area contributed by atoms with E-state index in [-0.39, 0.29) is 11.8 Å². The van der Waals surface area contributed by atoms with E-state index in [9.17, 15) is 9.59 Å². The number of anilines is 2. The van der Waals surface area contributed by atoms with E-state index in [1.807, 2.05) is 18.2 Å². The first-order valence-corrected chi connectivity index (χ1v) is 6.84. The quantitative estimate of drug-likeness (QED) is 0.934. The molecule has 1 aliphatic heterocycles. The molecule has 0 bridgehead atoms. The van der Waals surface area contributed by atoms with Gasteiger partial charge < -0.3 is 10.2 Å². The molecule has 0 saturated carbocycles. The molecule has 6 nitrogen and oxygen atoms in total. The van der Waals surface area contributed by atoms with Crippen LogP contribution in [0.5, 0.6) is 0 Å². The first-order valence-electron chi connectivity index (χ1n) is 6.84. The number of carbonyl (C=O) groups excluding carboxylic acids is 2. The Kier molecular flexibility index (Phi) is 3.43. The van der Waals surface area contributed by atoms with Crippen LogP contribution in [0.25, 0.3) is 0 Å². The lowest BCUT2D eigenvalue weighted by molar-refractivity contribution is -0.117. The third-order valence-corrected chi connectivity index (χ3v) is 3.46. The molecule has 1 aromatic carbocycles. The molecule has 2 heterocycles. The van der Waals surface area contributed by atoms with Crippen molar-refractivity contribution in [1.29, 1.82) is 0 Å². The standard InChI is InChI=1S/C15H16N4O2/c1-18-10-11(9-16-18)15(21)17-12-4-2-5-13(8-12)19-7-3-6-14(19)20/h2,4-5,8-10H,3,6-7H2,1H3,(H,17,21). The maximum absolute atomic E-state index is 12.1. The zero-order valence-corrected chi connectivity index (χ0v) is 11.7. The predicted molar refractivity (Wildman–Crippen MR) is 79.2 cm³/mol. The molecule has 2 amide bonds. The summed E-state index contributed by atoms with van der Waals surface area (Å²) < 4.78 is 1.58. The van der Waals surface area contributed by atoms with Crippen LogP contribution in [0.4, 0.5) is 11.4 Å². The van der Waals surface area contributed by atoms with E-state index in [1.54, 1.807) is 28.9 Å². The molecule has 2 aromatic rings. The average molecular weight is 284 g/mol. The summed E-state index contributed by atoms with van der Waals surface area (Å²) in [5.41, 5.74) is 1.99. The van der Waals surface area contributed by atoms with Gasteiger partial charge in [0.15, 0.2) is 0 Å². The number of nitrogens with zero attached hydrogens (tertiary/aromatic N) is 3. The number of aryl methyl sites for hydroxylation is 1. The fraction of sp³-hybridized carbons (Fsp3) is 0.267. The van der Waals surface area contributed by atoms with Crippen molar-refractivity contribution in [2.24, 2.45) is 7.05 Å². The van der Waals surface area contributed by atoms with E-state index < -0.39 is 0 Å². The molecule has 3 rings (SSSR count). The molecule has 0 radical (unpaired) electrons. The Bertz CT molecular complexity index is 692. The molecule has 1 aromatic heterocycles. The summed E-state index contributed by atoms with van der Waals surface area (Å²) in [6.07, 6.45) is 4.64. The smallest absolute Gasteiger partial charge is 0.258 e. The molecule has 1 saturated heterocycles. The normalized spacial score (nSPS) is 14.5. The number of rotatable bonds is 3. The van der Waals surface area contributed by atoms with Gasteiger partial charge in [0.25, 0.3) is 5.91 Å². The Hall–Kier alpha value is -2.63. The Morgan fingerprint density at radius 2 is 2.24 bits per heavy atom. The van der Waals surface area contributed by atoms with E-state index in [0.717, 1.165) is 18.7 Å². The van der Waals surface area contributed by atoms with Gasteiger partial charge in [-0.05, 0) is 24.6 Å². The Morgan fingerprint density at radius 1 is 1.38 bits per heavy atom. The summed E-state index contributed by atoms with van der Waals surface area (Å²) in [7, 11) is 1.76. The summed E-state index contributed by atoms with van der Waals surface area (Å²) >= 11 is 0. The molecule has 1 aliphatic rings. The van der Waals surface area contributed by atoms with Crippen LogP contribution in [-0.4, -0.2) is 28.1 Å². The lowest BCUT2D eigenvalue weighted by Gasteiger charge is -2.16. The van der Waals surface area contributed by atoms with Gasteiger partial charge in [0.05, 0.1) is 11.8 Å². The molecule has 108 valence electrons. The van der Waals surface area contributed by atoms with Crippen molar-refractivity contribution < 1.29 is 9.59 Å². The number of hydrogen-bond acceptors (Lipinski definition) is 3. The van der Waals surface area contributed by atoms with Crippen molar-refractivity contribution in [1.82, 2.24) is 9.78 Å². The Morgan fingerprint density at radius 3 is 2.90 bits per heavy atom. The van der Waals surface area contributed by atoms with Crippen molar-refractivity contribution in [3.63, 3.8) is 0 Å². The van der Waals surface area contributed by atoms with Crippen molar-refractivity contribution in [2.45, 2.75) is 12.8 Å². The largest absolute Gasteiger partial charge is 0.322 e. The third kappa shape index (κ3) is 2.79. The maximum Gasteiger partial charge on any atom is 0.258 e. The number of hydrogen-bond donors (Lipinski definition) is 1.